The van der Waals surface area contributed by atoms with E-state index in [0.29, 0.717) is 9.53 Å². The van der Waals surface area contributed by atoms with E-state index in [1.165, 1.54) is 0 Å². The molecule has 0 amide bonds. The second-order valence-corrected chi connectivity index (χ2v) is 3.03. The summed E-state index contributed by atoms with van der Waals surface area (Å²) in [4.78, 5) is 2.99. The number of hydrogen-bond acceptors (Lipinski definition) is 1. The zero-order valence-electron chi connectivity index (χ0n) is 5.54. The van der Waals surface area contributed by atoms with Crippen LogP contribution in [0.2, 0.25) is 5.02 Å². The molecule has 0 aromatic carbocycles. The number of nitrogens with one attached hydrogen (secondary N) is 1. The van der Waals surface area contributed by atoms with Gasteiger partial charge >= 0.3 is 0 Å². The van der Waals surface area contributed by atoms with Gasteiger partial charge in [0.25, 0.3) is 0 Å². The van der Waals surface area contributed by atoms with Gasteiger partial charge in [-0.05, 0) is 6.07 Å². The molecule has 0 saturated carbocycles. The Morgan fingerprint density at radius 2 is 2.27 bits per heavy atom. The predicted octanol–water partition coefficient (Wildman–Crippen LogP) is 2.65. The maximum absolute atomic E-state index is 5.91. The molecule has 2 rings (SSSR count). The molecule has 2 aromatic heterocycles. The molecule has 1 N–H and O–H groups in total. The summed E-state index contributed by atoms with van der Waals surface area (Å²) in [5.41, 5.74) is 0.846. The fourth-order valence-electron chi connectivity index (χ4n) is 0.984. The van der Waals surface area contributed by atoms with E-state index in [4.69, 9.17) is 23.8 Å². The quantitative estimate of drug-likeness (QED) is 0.625. The van der Waals surface area contributed by atoms with Gasteiger partial charge < -0.3 is 9.38 Å². The van der Waals surface area contributed by atoms with E-state index in [2.05, 4.69) is 4.98 Å². The van der Waals surface area contributed by atoms with Crippen molar-refractivity contribution in [2.75, 3.05) is 0 Å². The Bertz CT molecular complexity index is 443. The van der Waals surface area contributed by atoms with Gasteiger partial charge in [0, 0.05) is 18.6 Å². The molecule has 4 heteroatoms. The van der Waals surface area contributed by atoms with Crippen molar-refractivity contribution in [3.05, 3.63) is 34.2 Å². The van der Waals surface area contributed by atoms with Gasteiger partial charge in [0.2, 0.25) is 0 Å². The predicted molar refractivity (Wildman–Crippen MR) is 47.6 cm³/mol. The minimum Gasteiger partial charge on any atom is -0.345 e. The van der Waals surface area contributed by atoms with Crippen LogP contribution in [0.25, 0.3) is 5.65 Å². The van der Waals surface area contributed by atoms with E-state index < -0.39 is 0 Å². The first-order valence-corrected chi connectivity index (χ1v) is 3.91. The second kappa shape index (κ2) is 2.36. The van der Waals surface area contributed by atoms with Crippen molar-refractivity contribution < 1.29 is 0 Å². The maximum Gasteiger partial charge on any atom is 0.134 e. The molecule has 0 aliphatic rings. The first kappa shape index (κ1) is 6.88. The summed E-state index contributed by atoms with van der Waals surface area (Å²) in [5.74, 6) is 0. The van der Waals surface area contributed by atoms with Crippen LogP contribution >= 0.6 is 23.8 Å². The van der Waals surface area contributed by atoms with Crippen LogP contribution in [0.15, 0.2) is 24.7 Å². The number of H-pyrrole nitrogens is 1. The molecule has 56 valence electrons. The fourth-order valence-corrected chi connectivity index (χ4v) is 1.36. The van der Waals surface area contributed by atoms with Crippen LogP contribution in [0.5, 0.6) is 0 Å². The van der Waals surface area contributed by atoms with Crippen LogP contribution < -0.4 is 0 Å². The number of nitrogens with zero attached hydrogens (tertiary/aromatic N) is 1. The molecular formula is C7H5ClN2S. The molecule has 2 nitrogen and oxygen atoms in total. The monoisotopic (exact) mass is 184 g/mol. The third kappa shape index (κ3) is 0.968. The van der Waals surface area contributed by atoms with Crippen molar-refractivity contribution in [2.24, 2.45) is 0 Å². The van der Waals surface area contributed by atoms with Gasteiger partial charge in [-0.3, -0.25) is 0 Å². The van der Waals surface area contributed by atoms with E-state index in [9.17, 15) is 0 Å². The van der Waals surface area contributed by atoms with Crippen LogP contribution in [0.4, 0.5) is 0 Å². The first-order valence-electron chi connectivity index (χ1n) is 3.13. The normalized spacial score (nSPS) is 10.6. The smallest absolute Gasteiger partial charge is 0.134 e. The van der Waals surface area contributed by atoms with Crippen molar-refractivity contribution in [1.82, 2.24) is 9.38 Å². The van der Waals surface area contributed by atoms with E-state index in [1.54, 1.807) is 6.07 Å². The van der Waals surface area contributed by atoms with Crippen LogP contribution in [-0.4, -0.2) is 9.38 Å². The summed E-state index contributed by atoms with van der Waals surface area (Å²) in [6.45, 7) is 0. The van der Waals surface area contributed by atoms with E-state index in [0.717, 1.165) is 5.65 Å². The highest BCUT2D eigenvalue weighted by Gasteiger charge is 1.98. The number of hydrogen-bond donors (Lipinski definition) is 1. The lowest BCUT2D eigenvalue weighted by atomic mass is 10.5. The van der Waals surface area contributed by atoms with Gasteiger partial charge in [-0.25, -0.2) is 0 Å². The Morgan fingerprint density at radius 1 is 1.45 bits per heavy atom. The highest BCUT2D eigenvalue weighted by molar-refractivity contribution is 7.71. The molecule has 2 heterocycles. The highest BCUT2D eigenvalue weighted by atomic mass is 35.5. The number of aromatic nitrogens is 2. The first-order chi connectivity index (χ1) is 5.29. The van der Waals surface area contributed by atoms with Crippen LogP contribution in [0, 0.1) is 4.51 Å². The van der Waals surface area contributed by atoms with E-state index in [1.807, 2.05) is 23.0 Å². The molecule has 0 saturated heterocycles. The van der Waals surface area contributed by atoms with Gasteiger partial charge in [-0.15, -0.1) is 0 Å². The molecule has 2 aromatic rings. The molecule has 0 fully saturated rings. The van der Waals surface area contributed by atoms with Crippen LogP contribution in [0.3, 0.4) is 0 Å². The zero-order chi connectivity index (χ0) is 7.84. The van der Waals surface area contributed by atoms with Crippen LogP contribution in [-0.2, 0) is 0 Å². The van der Waals surface area contributed by atoms with E-state index >= 15 is 0 Å². The Morgan fingerprint density at radius 3 is 3.09 bits per heavy atom. The molecule has 11 heavy (non-hydrogen) atoms. The molecule has 0 spiro atoms. The van der Waals surface area contributed by atoms with Crippen LogP contribution in [0.1, 0.15) is 0 Å². The molecule has 0 unspecified atom stereocenters. The minimum atomic E-state index is 0.604. The van der Waals surface area contributed by atoms with Crippen molar-refractivity contribution in [1.29, 1.82) is 0 Å². The van der Waals surface area contributed by atoms with Crippen molar-refractivity contribution in [3.8, 4) is 0 Å². The van der Waals surface area contributed by atoms with Crippen molar-refractivity contribution in [3.63, 3.8) is 0 Å². The fraction of sp³-hybridized carbons (Fsp3) is 0. The third-order valence-electron chi connectivity index (χ3n) is 1.52. The largest absolute Gasteiger partial charge is 0.345 e. The summed E-state index contributed by atoms with van der Waals surface area (Å²) in [7, 11) is 0. The van der Waals surface area contributed by atoms with Gasteiger partial charge in [-0.1, -0.05) is 23.8 Å². The molecule has 0 aliphatic carbocycles. The number of halogens is 1. The summed E-state index contributed by atoms with van der Waals surface area (Å²) >= 11 is 10.9. The number of fused-ring (bicyclic) bond motifs is 1. The lowest BCUT2D eigenvalue weighted by Gasteiger charge is -1.94. The number of aromatic amines is 1. The lowest BCUT2D eigenvalue weighted by molar-refractivity contribution is 1.18. The molecule has 0 atom stereocenters. The minimum absolute atomic E-state index is 0.604. The van der Waals surface area contributed by atoms with Crippen molar-refractivity contribution in [2.45, 2.75) is 0 Å². The van der Waals surface area contributed by atoms with Gasteiger partial charge in [-0.2, -0.15) is 0 Å². The maximum atomic E-state index is 5.91. The standard InChI is InChI=1S/C7H5ClN2S/c8-6-5(11)1-3-10-4-2-9-7(6)10/h1-4,9H. The SMILES string of the molecule is S=c1ccn2cc[nH]c2c1Cl. The van der Waals surface area contributed by atoms with Crippen molar-refractivity contribution >= 4 is 29.5 Å². The molecule has 0 aliphatic heterocycles. The summed E-state index contributed by atoms with van der Waals surface area (Å²) in [5, 5.41) is 0.604. The number of pyridine rings is 1. The zero-order valence-corrected chi connectivity index (χ0v) is 7.12. The average molecular weight is 185 g/mol. The Balaban J connectivity index is 3.04. The average Bonchev–Trinajstić information content (AvgIpc) is 2.45. The van der Waals surface area contributed by atoms with E-state index in [-0.39, 0.29) is 0 Å². The summed E-state index contributed by atoms with van der Waals surface area (Å²) in [6, 6.07) is 1.80. The van der Waals surface area contributed by atoms with Gasteiger partial charge in [0.05, 0.1) is 9.53 Å². The summed E-state index contributed by atoms with van der Waals surface area (Å²) in [6.07, 6.45) is 5.58. The summed E-state index contributed by atoms with van der Waals surface area (Å²) < 4.78 is 2.56. The Hall–Kier alpha value is -0.800. The molecule has 0 bridgehead atoms. The topological polar surface area (TPSA) is 20.2 Å². The second-order valence-electron chi connectivity index (χ2n) is 2.21. The molecular weight excluding hydrogens is 180 g/mol. The Labute approximate surface area is 73.4 Å². The third-order valence-corrected chi connectivity index (χ3v) is 2.36. The number of rotatable bonds is 0. The number of imidazole rings is 1. The highest BCUT2D eigenvalue weighted by Crippen LogP contribution is 2.16. The molecule has 0 radical (unpaired) electrons. The lowest BCUT2D eigenvalue weighted by Crippen LogP contribution is -1.82. The Kier molecular flexibility index (Phi) is 1.47. The van der Waals surface area contributed by atoms with Gasteiger partial charge in [0.15, 0.2) is 0 Å². The van der Waals surface area contributed by atoms with Gasteiger partial charge in [0.1, 0.15) is 5.65 Å².